The van der Waals surface area contributed by atoms with Gasteiger partial charge in [-0.2, -0.15) is 0 Å². The molecular weight excluding hydrogens is 360 g/mol. The predicted molar refractivity (Wildman–Crippen MR) is 114 cm³/mol. The van der Waals surface area contributed by atoms with E-state index in [0.29, 0.717) is 12.0 Å². The average molecular weight is 397 g/mol. The Morgan fingerprint density at radius 1 is 1.44 bits per heavy atom. The second-order valence-corrected chi connectivity index (χ2v) is 8.39. The molecule has 6 nitrogen and oxygen atoms in total. The SMILES string of the molecule is CN=C(NCCCOCC(C)C)NCC(c1cccs1)N1CCOC(C)C1. The van der Waals surface area contributed by atoms with Crippen LogP contribution in [0.4, 0.5) is 0 Å². The number of guanidine groups is 1. The number of thiophene rings is 1. The van der Waals surface area contributed by atoms with Crippen LogP contribution in [0.2, 0.25) is 0 Å². The third-order valence-corrected chi connectivity index (χ3v) is 5.45. The van der Waals surface area contributed by atoms with E-state index in [9.17, 15) is 0 Å². The third kappa shape index (κ3) is 8.17. The second kappa shape index (κ2) is 12.3. The Morgan fingerprint density at radius 3 is 2.96 bits per heavy atom. The monoisotopic (exact) mass is 396 g/mol. The first kappa shape index (κ1) is 22.1. The Hall–Kier alpha value is -1.15. The molecule has 154 valence electrons. The fourth-order valence-corrected chi connectivity index (χ4v) is 3.99. The van der Waals surface area contributed by atoms with Crippen molar-refractivity contribution in [2.45, 2.75) is 39.3 Å². The number of hydrogen-bond acceptors (Lipinski definition) is 5. The summed E-state index contributed by atoms with van der Waals surface area (Å²) >= 11 is 1.82. The Bertz CT molecular complexity index is 536. The summed E-state index contributed by atoms with van der Waals surface area (Å²) in [5, 5.41) is 9.04. The summed E-state index contributed by atoms with van der Waals surface area (Å²) in [4.78, 5) is 8.26. The Labute approximate surface area is 168 Å². The van der Waals surface area contributed by atoms with E-state index in [1.54, 1.807) is 0 Å². The zero-order chi connectivity index (χ0) is 19.5. The summed E-state index contributed by atoms with van der Waals surface area (Å²) in [6.45, 7) is 12.5. The van der Waals surface area contributed by atoms with Crippen molar-refractivity contribution in [1.82, 2.24) is 15.5 Å². The molecule has 0 aromatic carbocycles. The zero-order valence-corrected chi connectivity index (χ0v) is 18.1. The quantitative estimate of drug-likeness (QED) is 0.362. The van der Waals surface area contributed by atoms with Crippen molar-refractivity contribution < 1.29 is 9.47 Å². The van der Waals surface area contributed by atoms with Gasteiger partial charge in [-0.1, -0.05) is 19.9 Å². The lowest BCUT2D eigenvalue weighted by Gasteiger charge is -2.37. The highest BCUT2D eigenvalue weighted by atomic mass is 32.1. The molecule has 2 atom stereocenters. The van der Waals surface area contributed by atoms with Crippen LogP contribution in [0.15, 0.2) is 22.5 Å². The molecule has 27 heavy (non-hydrogen) atoms. The molecule has 0 saturated carbocycles. The Morgan fingerprint density at radius 2 is 2.30 bits per heavy atom. The lowest BCUT2D eigenvalue weighted by molar-refractivity contribution is -0.0334. The number of ether oxygens (including phenoxy) is 2. The number of nitrogens with one attached hydrogen (secondary N) is 2. The van der Waals surface area contributed by atoms with Crippen molar-refractivity contribution in [2.75, 3.05) is 53.0 Å². The molecule has 0 bridgehead atoms. The first-order chi connectivity index (χ1) is 13.1. The molecule has 7 heteroatoms. The minimum atomic E-state index is 0.282. The van der Waals surface area contributed by atoms with Crippen LogP contribution >= 0.6 is 11.3 Å². The Balaban J connectivity index is 1.78. The van der Waals surface area contributed by atoms with Crippen LogP contribution in [0.5, 0.6) is 0 Å². The highest BCUT2D eigenvalue weighted by molar-refractivity contribution is 7.10. The summed E-state index contributed by atoms with van der Waals surface area (Å²) in [5.74, 6) is 1.44. The highest BCUT2D eigenvalue weighted by Crippen LogP contribution is 2.26. The zero-order valence-electron chi connectivity index (χ0n) is 17.2. The fourth-order valence-electron chi connectivity index (χ4n) is 3.13. The van der Waals surface area contributed by atoms with Gasteiger partial charge in [0.25, 0.3) is 0 Å². The molecule has 2 N–H and O–H groups in total. The van der Waals surface area contributed by atoms with Crippen LogP contribution in [0, 0.1) is 5.92 Å². The van der Waals surface area contributed by atoms with Crippen molar-refractivity contribution in [1.29, 1.82) is 0 Å². The minimum Gasteiger partial charge on any atom is -0.381 e. The van der Waals surface area contributed by atoms with Gasteiger partial charge in [0, 0.05) is 51.3 Å². The van der Waals surface area contributed by atoms with E-state index >= 15 is 0 Å². The first-order valence-electron chi connectivity index (χ1n) is 10.0. The second-order valence-electron chi connectivity index (χ2n) is 7.41. The van der Waals surface area contributed by atoms with Gasteiger partial charge in [0.05, 0.1) is 18.8 Å². The molecule has 0 radical (unpaired) electrons. The summed E-state index contributed by atoms with van der Waals surface area (Å²) < 4.78 is 11.3. The maximum absolute atomic E-state index is 5.72. The van der Waals surface area contributed by atoms with E-state index in [4.69, 9.17) is 9.47 Å². The normalized spacial score (nSPS) is 20.0. The van der Waals surface area contributed by atoms with Crippen molar-refractivity contribution in [2.24, 2.45) is 10.9 Å². The number of nitrogens with zero attached hydrogens (tertiary/aromatic N) is 2. The lowest BCUT2D eigenvalue weighted by atomic mass is 10.1. The van der Waals surface area contributed by atoms with Crippen LogP contribution in [-0.4, -0.2) is 70.0 Å². The van der Waals surface area contributed by atoms with E-state index in [2.05, 4.69) is 58.8 Å². The lowest BCUT2D eigenvalue weighted by Crippen LogP contribution is -2.48. The molecule has 1 aliphatic heterocycles. The van der Waals surface area contributed by atoms with E-state index < -0.39 is 0 Å². The van der Waals surface area contributed by atoms with Crippen molar-refractivity contribution in [3.63, 3.8) is 0 Å². The van der Waals surface area contributed by atoms with E-state index in [-0.39, 0.29) is 6.10 Å². The van der Waals surface area contributed by atoms with Crippen molar-refractivity contribution in [3.8, 4) is 0 Å². The van der Waals surface area contributed by atoms with Crippen LogP contribution in [0.3, 0.4) is 0 Å². The van der Waals surface area contributed by atoms with E-state index in [0.717, 1.165) is 58.4 Å². The fraction of sp³-hybridized carbons (Fsp3) is 0.750. The summed E-state index contributed by atoms with van der Waals surface area (Å²) in [5.41, 5.74) is 0. The van der Waals surface area contributed by atoms with Crippen LogP contribution in [0.1, 0.15) is 38.1 Å². The van der Waals surface area contributed by atoms with Crippen molar-refractivity contribution in [3.05, 3.63) is 22.4 Å². The topological polar surface area (TPSA) is 58.1 Å². The van der Waals surface area contributed by atoms with Crippen LogP contribution < -0.4 is 10.6 Å². The average Bonchev–Trinajstić information content (AvgIpc) is 3.17. The molecule has 1 fully saturated rings. The number of rotatable bonds is 10. The van der Waals surface area contributed by atoms with E-state index in [1.807, 2.05) is 18.4 Å². The molecule has 0 aliphatic carbocycles. The molecule has 2 unspecified atom stereocenters. The maximum atomic E-state index is 5.72. The third-order valence-electron chi connectivity index (χ3n) is 4.48. The molecule has 2 heterocycles. The molecule has 0 spiro atoms. The van der Waals surface area contributed by atoms with Gasteiger partial charge >= 0.3 is 0 Å². The van der Waals surface area contributed by atoms with Gasteiger partial charge < -0.3 is 20.1 Å². The van der Waals surface area contributed by atoms with E-state index in [1.165, 1.54) is 4.88 Å². The Kier molecular flexibility index (Phi) is 10.1. The van der Waals surface area contributed by atoms with Crippen molar-refractivity contribution >= 4 is 17.3 Å². The standard InChI is InChI=1S/C20H36N4O2S/c1-16(2)15-25-10-6-8-22-20(21-4)23-13-18(19-7-5-12-27-19)24-9-11-26-17(3)14-24/h5,7,12,16-18H,6,8-11,13-15H2,1-4H3,(H2,21,22,23). The minimum absolute atomic E-state index is 0.282. The van der Waals surface area contributed by atoms with Gasteiger partial charge in [-0.15, -0.1) is 11.3 Å². The van der Waals surface area contributed by atoms with Gasteiger partial charge in [0.15, 0.2) is 5.96 Å². The predicted octanol–water partition coefficient (Wildman–Crippen LogP) is 2.74. The number of hydrogen-bond donors (Lipinski definition) is 2. The molecule has 2 rings (SSSR count). The number of morpholine rings is 1. The van der Waals surface area contributed by atoms with Crippen LogP contribution in [0.25, 0.3) is 0 Å². The molecular formula is C20H36N4O2S. The van der Waals surface area contributed by atoms with Gasteiger partial charge in [-0.05, 0) is 30.7 Å². The van der Waals surface area contributed by atoms with Gasteiger partial charge in [0.2, 0.25) is 0 Å². The summed E-state index contributed by atoms with van der Waals surface area (Å²) in [7, 11) is 1.82. The van der Waals surface area contributed by atoms with Gasteiger partial charge in [-0.25, -0.2) is 0 Å². The number of aliphatic imine (C=N–C) groups is 1. The first-order valence-corrected chi connectivity index (χ1v) is 10.9. The molecule has 1 aromatic rings. The summed E-state index contributed by atoms with van der Waals surface area (Å²) in [6.07, 6.45) is 1.26. The molecule has 1 aliphatic rings. The smallest absolute Gasteiger partial charge is 0.191 e. The summed E-state index contributed by atoms with van der Waals surface area (Å²) in [6, 6.07) is 4.69. The maximum Gasteiger partial charge on any atom is 0.191 e. The molecule has 1 saturated heterocycles. The molecule has 1 aromatic heterocycles. The van der Waals surface area contributed by atoms with Gasteiger partial charge in [0.1, 0.15) is 0 Å². The largest absolute Gasteiger partial charge is 0.381 e. The molecule has 0 amide bonds. The highest BCUT2D eigenvalue weighted by Gasteiger charge is 2.26. The van der Waals surface area contributed by atoms with Gasteiger partial charge in [-0.3, -0.25) is 9.89 Å². The van der Waals surface area contributed by atoms with Crippen LogP contribution in [-0.2, 0) is 9.47 Å².